The van der Waals surface area contributed by atoms with Gasteiger partial charge >= 0.3 is 0 Å². The summed E-state index contributed by atoms with van der Waals surface area (Å²) in [6.45, 7) is 6.66. The molecule has 10 heteroatoms. The van der Waals surface area contributed by atoms with Gasteiger partial charge in [0.1, 0.15) is 5.82 Å². The van der Waals surface area contributed by atoms with E-state index in [2.05, 4.69) is 46.6 Å². The molecule has 0 unspecified atom stereocenters. The van der Waals surface area contributed by atoms with Crippen LogP contribution in [0.5, 0.6) is 0 Å². The number of fused-ring (bicyclic) bond motifs is 3. The zero-order valence-electron chi connectivity index (χ0n) is 18.7. The van der Waals surface area contributed by atoms with Crippen LogP contribution < -0.4 is 9.80 Å². The molecule has 2 aromatic heterocycles. The summed E-state index contributed by atoms with van der Waals surface area (Å²) in [7, 11) is 0. The third-order valence-corrected chi connectivity index (χ3v) is 7.78. The van der Waals surface area contributed by atoms with Gasteiger partial charge in [0.2, 0.25) is 11.9 Å². The molecule has 3 aromatic rings. The minimum Gasteiger partial charge on any atom is -0.380 e. The van der Waals surface area contributed by atoms with Gasteiger partial charge in [-0.15, -0.1) is 10.2 Å². The first kappa shape index (κ1) is 20.6. The second-order valence-corrected chi connectivity index (χ2v) is 10.4. The molecule has 1 aromatic carbocycles. The number of pyridine rings is 1. The van der Waals surface area contributed by atoms with Gasteiger partial charge in [0.25, 0.3) is 0 Å². The molecule has 3 fully saturated rings. The van der Waals surface area contributed by atoms with Crippen LogP contribution in [0.3, 0.4) is 0 Å². The average Bonchev–Trinajstić information content (AvgIpc) is 3.40. The highest BCUT2D eigenvalue weighted by molar-refractivity contribution is 6.30. The van der Waals surface area contributed by atoms with Crippen molar-refractivity contribution < 1.29 is 9.13 Å². The number of aromatic nitrogens is 4. The molecule has 4 aliphatic rings. The van der Waals surface area contributed by atoms with Gasteiger partial charge in [-0.25, -0.2) is 4.98 Å². The van der Waals surface area contributed by atoms with Crippen molar-refractivity contribution in [2.45, 2.75) is 25.6 Å². The monoisotopic (exact) mass is 481 g/mol. The molecule has 3 saturated heterocycles. The molecule has 4 aliphatic heterocycles. The van der Waals surface area contributed by atoms with Gasteiger partial charge in [-0.2, -0.15) is 4.39 Å². The number of hydrogen-bond donors (Lipinski definition) is 0. The van der Waals surface area contributed by atoms with Crippen molar-refractivity contribution in [2.24, 2.45) is 5.41 Å². The number of anilines is 2. The Morgan fingerprint density at radius 2 is 1.88 bits per heavy atom. The van der Waals surface area contributed by atoms with Crippen molar-refractivity contribution in [1.82, 2.24) is 24.6 Å². The molecule has 0 N–H and O–H groups in total. The van der Waals surface area contributed by atoms with Gasteiger partial charge in [-0.1, -0.05) is 17.7 Å². The van der Waals surface area contributed by atoms with E-state index in [1.165, 1.54) is 11.6 Å². The van der Waals surface area contributed by atoms with E-state index in [0.717, 1.165) is 81.4 Å². The maximum Gasteiger partial charge on any atom is 0.231 e. The zero-order valence-corrected chi connectivity index (χ0v) is 19.5. The Labute approximate surface area is 201 Å². The van der Waals surface area contributed by atoms with Crippen LogP contribution in [0.15, 0.2) is 36.4 Å². The second-order valence-electron chi connectivity index (χ2n) is 9.98. The van der Waals surface area contributed by atoms with E-state index in [4.69, 9.17) is 16.3 Å². The standard InChI is InChI=1S/C24H25ClFN7O/c25-17-4-5-19-16(8-17)9-30(18-6-7-34-11-18)10-22-28-29-23(33(19)22)32-14-24(15-32)12-31(13-24)21-3-1-2-20(26)27-21/h1-5,8,18H,6-7,9-15H2/t18-/m1/s1. The van der Waals surface area contributed by atoms with Crippen molar-refractivity contribution in [3.63, 3.8) is 0 Å². The molecule has 0 saturated carbocycles. The third-order valence-electron chi connectivity index (χ3n) is 7.55. The topological polar surface area (TPSA) is 62.6 Å². The van der Waals surface area contributed by atoms with Crippen LogP contribution in [0.4, 0.5) is 16.2 Å². The van der Waals surface area contributed by atoms with Crippen LogP contribution >= 0.6 is 11.6 Å². The number of benzene rings is 1. The summed E-state index contributed by atoms with van der Waals surface area (Å²) in [6.07, 6.45) is 1.03. The van der Waals surface area contributed by atoms with Gasteiger partial charge in [-0.05, 0) is 42.3 Å². The van der Waals surface area contributed by atoms with Crippen LogP contribution in [0, 0.1) is 11.4 Å². The quantitative estimate of drug-likeness (QED) is 0.533. The van der Waals surface area contributed by atoms with E-state index in [-0.39, 0.29) is 5.41 Å². The first-order chi connectivity index (χ1) is 16.6. The van der Waals surface area contributed by atoms with Crippen molar-refractivity contribution in [3.8, 4) is 5.69 Å². The lowest BCUT2D eigenvalue weighted by Gasteiger charge is -2.60. The molecule has 7 rings (SSSR count). The Morgan fingerprint density at radius 1 is 1.03 bits per heavy atom. The summed E-state index contributed by atoms with van der Waals surface area (Å²) >= 11 is 6.39. The van der Waals surface area contributed by atoms with E-state index >= 15 is 0 Å². The van der Waals surface area contributed by atoms with E-state index in [9.17, 15) is 4.39 Å². The number of halogens is 2. The SMILES string of the molecule is Fc1cccc(N2CC3(C2)CN(c2nnc4n2-c2ccc(Cl)cc2CN([C@@H]2CCOC2)C4)C3)n1. The first-order valence-corrected chi connectivity index (χ1v) is 12.1. The summed E-state index contributed by atoms with van der Waals surface area (Å²) < 4.78 is 21.4. The Kier molecular flexibility index (Phi) is 4.62. The van der Waals surface area contributed by atoms with E-state index in [1.54, 1.807) is 6.07 Å². The van der Waals surface area contributed by atoms with Gasteiger partial charge < -0.3 is 14.5 Å². The van der Waals surface area contributed by atoms with Crippen molar-refractivity contribution in [3.05, 3.63) is 58.8 Å². The van der Waals surface area contributed by atoms with Crippen molar-refractivity contribution in [1.29, 1.82) is 0 Å². The molecule has 0 aliphatic carbocycles. The normalized spacial score (nSPS) is 23.3. The molecule has 0 amide bonds. The Bertz CT molecular complexity index is 1250. The first-order valence-electron chi connectivity index (χ1n) is 11.7. The van der Waals surface area contributed by atoms with Crippen molar-refractivity contribution >= 4 is 23.4 Å². The maximum absolute atomic E-state index is 13.5. The highest BCUT2D eigenvalue weighted by Gasteiger charge is 2.53. The predicted molar refractivity (Wildman–Crippen MR) is 126 cm³/mol. The lowest BCUT2D eigenvalue weighted by molar-refractivity contribution is 0.133. The number of hydrogen-bond acceptors (Lipinski definition) is 7. The second kappa shape index (κ2) is 7.63. The van der Waals surface area contributed by atoms with Gasteiger partial charge in [-0.3, -0.25) is 9.47 Å². The Balaban J connectivity index is 1.14. The van der Waals surface area contributed by atoms with Crippen LogP contribution in [0.1, 0.15) is 17.8 Å². The number of ether oxygens (including phenoxy) is 1. The average molecular weight is 482 g/mol. The van der Waals surface area contributed by atoms with Gasteiger partial charge in [0.15, 0.2) is 5.82 Å². The Morgan fingerprint density at radius 3 is 2.68 bits per heavy atom. The third kappa shape index (κ3) is 3.29. The largest absolute Gasteiger partial charge is 0.380 e. The van der Waals surface area contributed by atoms with Crippen LogP contribution in [0.2, 0.25) is 5.02 Å². The van der Waals surface area contributed by atoms with E-state index in [0.29, 0.717) is 11.9 Å². The highest BCUT2D eigenvalue weighted by Crippen LogP contribution is 2.44. The minimum absolute atomic E-state index is 0.196. The van der Waals surface area contributed by atoms with E-state index < -0.39 is 5.95 Å². The summed E-state index contributed by atoms with van der Waals surface area (Å²) in [5, 5.41) is 9.99. The smallest absolute Gasteiger partial charge is 0.231 e. The maximum atomic E-state index is 13.5. The summed E-state index contributed by atoms with van der Waals surface area (Å²) in [4.78, 5) is 10.9. The molecule has 6 heterocycles. The Hall–Kier alpha value is -2.75. The highest BCUT2D eigenvalue weighted by atomic mass is 35.5. The molecule has 0 bridgehead atoms. The van der Waals surface area contributed by atoms with E-state index in [1.807, 2.05) is 12.1 Å². The fourth-order valence-corrected chi connectivity index (χ4v) is 6.08. The summed E-state index contributed by atoms with van der Waals surface area (Å²) in [5.74, 6) is 2.11. The molecule has 34 heavy (non-hydrogen) atoms. The number of nitrogens with zero attached hydrogens (tertiary/aromatic N) is 7. The molecule has 1 spiro atoms. The van der Waals surface area contributed by atoms with Gasteiger partial charge in [0, 0.05) is 55.8 Å². The molecule has 176 valence electrons. The summed E-state index contributed by atoms with van der Waals surface area (Å²) in [6, 6.07) is 11.4. The molecule has 0 radical (unpaired) electrons. The van der Waals surface area contributed by atoms with Crippen LogP contribution in [-0.4, -0.2) is 70.1 Å². The van der Waals surface area contributed by atoms with Gasteiger partial charge in [0.05, 0.1) is 18.8 Å². The lowest BCUT2D eigenvalue weighted by Crippen LogP contribution is -2.73. The fourth-order valence-electron chi connectivity index (χ4n) is 5.89. The van der Waals surface area contributed by atoms with Crippen LogP contribution in [-0.2, 0) is 17.8 Å². The fraction of sp³-hybridized carbons (Fsp3) is 0.458. The molecular weight excluding hydrogens is 457 g/mol. The molecular formula is C24H25ClFN7O. The van der Waals surface area contributed by atoms with Crippen molar-refractivity contribution in [2.75, 3.05) is 49.2 Å². The zero-order chi connectivity index (χ0) is 22.9. The minimum atomic E-state index is -0.434. The molecule has 1 atom stereocenters. The lowest BCUT2D eigenvalue weighted by atomic mass is 9.73. The van der Waals surface area contributed by atoms with Crippen LogP contribution in [0.25, 0.3) is 5.69 Å². The molecule has 8 nitrogen and oxygen atoms in total. The summed E-state index contributed by atoms with van der Waals surface area (Å²) in [5.41, 5.74) is 2.48. The predicted octanol–water partition coefficient (Wildman–Crippen LogP) is 2.89. The number of rotatable bonds is 3.